The number of hydrogen-bond donors (Lipinski definition) is 1. The first-order chi connectivity index (χ1) is 15.9. The topological polar surface area (TPSA) is 59.1 Å². The minimum atomic E-state index is -0.551. The molecule has 1 N–H and O–H groups in total. The molecule has 0 spiro atoms. The summed E-state index contributed by atoms with van der Waals surface area (Å²) in [5.74, 6) is 0.594. The van der Waals surface area contributed by atoms with Gasteiger partial charge in [0, 0.05) is 24.5 Å². The lowest BCUT2D eigenvalue weighted by Gasteiger charge is -2.50. The van der Waals surface area contributed by atoms with Crippen molar-refractivity contribution in [3.63, 3.8) is 0 Å². The van der Waals surface area contributed by atoms with Crippen molar-refractivity contribution in [3.8, 4) is 0 Å². The monoisotopic (exact) mass is 452 g/mol. The van der Waals surface area contributed by atoms with Crippen LogP contribution in [-0.2, 0) is 16.0 Å². The Balaban J connectivity index is 1.28. The fraction of sp³-hybridized carbons (Fsp3) is 0.519. The van der Waals surface area contributed by atoms with Crippen molar-refractivity contribution >= 4 is 17.5 Å². The smallest absolute Gasteiger partial charge is 0.225 e. The lowest BCUT2D eigenvalue weighted by Crippen LogP contribution is -2.44. The number of anilines is 1. The van der Waals surface area contributed by atoms with Gasteiger partial charge in [0.2, 0.25) is 5.91 Å². The quantitative estimate of drug-likeness (QED) is 0.622. The SMILES string of the molecule is C[C@]12CCC3c4cccc(F)c4CCC3C1[C@H](CCCC(=O)Nc1ncccc1F)CC2=O. The molecule has 5 rings (SSSR count). The normalized spacial score (nSPS) is 30.3. The molecule has 174 valence electrons. The van der Waals surface area contributed by atoms with E-state index in [0.29, 0.717) is 30.5 Å². The molecule has 0 saturated heterocycles. The second kappa shape index (κ2) is 8.62. The van der Waals surface area contributed by atoms with Gasteiger partial charge in [0.05, 0.1) is 0 Å². The first-order valence-corrected chi connectivity index (χ1v) is 12.1. The van der Waals surface area contributed by atoms with Crippen LogP contribution in [0.1, 0.15) is 68.9 Å². The van der Waals surface area contributed by atoms with E-state index in [-0.39, 0.29) is 41.2 Å². The van der Waals surface area contributed by atoms with Gasteiger partial charge >= 0.3 is 0 Å². The lowest BCUT2D eigenvalue weighted by atomic mass is 9.54. The second-order valence-electron chi connectivity index (χ2n) is 10.3. The molecular weight excluding hydrogens is 422 g/mol. The van der Waals surface area contributed by atoms with E-state index in [1.165, 1.54) is 18.3 Å². The van der Waals surface area contributed by atoms with E-state index in [1.807, 2.05) is 6.07 Å². The predicted molar refractivity (Wildman–Crippen MR) is 122 cm³/mol. The Morgan fingerprint density at radius 3 is 2.82 bits per heavy atom. The van der Waals surface area contributed by atoms with Crippen molar-refractivity contribution in [2.45, 2.75) is 64.2 Å². The van der Waals surface area contributed by atoms with Crippen LogP contribution in [0.4, 0.5) is 14.6 Å². The summed E-state index contributed by atoms with van der Waals surface area (Å²) in [6.45, 7) is 2.13. The number of hydrogen-bond acceptors (Lipinski definition) is 3. The van der Waals surface area contributed by atoms with E-state index < -0.39 is 5.82 Å². The lowest BCUT2D eigenvalue weighted by molar-refractivity contribution is -0.129. The molecule has 3 unspecified atom stereocenters. The molecule has 2 aromatic rings. The zero-order chi connectivity index (χ0) is 23.2. The number of nitrogens with zero attached hydrogens (tertiary/aromatic N) is 1. The molecule has 1 heterocycles. The molecule has 3 aliphatic carbocycles. The number of amides is 1. The summed E-state index contributed by atoms with van der Waals surface area (Å²) in [4.78, 5) is 29.3. The highest BCUT2D eigenvalue weighted by molar-refractivity contribution is 5.90. The fourth-order valence-corrected chi connectivity index (χ4v) is 7.10. The van der Waals surface area contributed by atoms with Gasteiger partial charge in [0.15, 0.2) is 11.6 Å². The predicted octanol–water partition coefficient (Wildman–Crippen LogP) is 5.82. The average Bonchev–Trinajstić information content (AvgIpc) is 3.05. The first kappa shape index (κ1) is 22.2. The minimum absolute atomic E-state index is 0.0469. The van der Waals surface area contributed by atoms with Crippen LogP contribution in [0.2, 0.25) is 0 Å². The Morgan fingerprint density at radius 2 is 2.00 bits per heavy atom. The summed E-state index contributed by atoms with van der Waals surface area (Å²) in [5.41, 5.74) is 1.69. The largest absolute Gasteiger partial charge is 0.308 e. The summed E-state index contributed by atoms with van der Waals surface area (Å²) < 4.78 is 28.2. The maximum Gasteiger partial charge on any atom is 0.225 e. The van der Waals surface area contributed by atoms with Crippen molar-refractivity contribution in [1.82, 2.24) is 4.98 Å². The van der Waals surface area contributed by atoms with Gasteiger partial charge in [-0.3, -0.25) is 9.59 Å². The number of Topliss-reactive ketones (excluding diaryl/α,β-unsaturated/α-hetero) is 1. The number of benzene rings is 1. The van der Waals surface area contributed by atoms with E-state index >= 15 is 0 Å². The summed E-state index contributed by atoms with van der Waals surface area (Å²) in [5, 5.41) is 2.54. The standard InChI is InChI=1S/C27H30F2N2O2/c1-27-13-12-18-17-6-3-7-21(28)19(17)10-11-20(18)25(27)16(15-23(27)32)5-2-9-24(33)31-26-22(29)8-4-14-30-26/h3-4,6-8,14,16,18,20,25H,2,5,9-13,15H2,1H3,(H,30,31,33)/t16-,18?,20?,25?,27-/m1/s1. The van der Waals surface area contributed by atoms with Crippen LogP contribution in [0.3, 0.4) is 0 Å². The zero-order valence-corrected chi connectivity index (χ0v) is 18.9. The molecule has 1 amide bonds. The summed E-state index contributed by atoms with van der Waals surface area (Å²) in [6.07, 6.45) is 7.16. The maximum atomic E-state index is 14.4. The van der Waals surface area contributed by atoms with E-state index in [2.05, 4.69) is 23.3 Å². The minimum Gasteiger partial charge on any atom is -0.308 e. The highest BCUT2D eigenvalue weighted by Crippen LogP contribution is 2.62. The number of carbonyl (C=O) groups excluding carboxylic acids is 2. The van der Waals surface area contributed by atoms with Gasteiger partial charge in [-0.05, 0) is 91.5 Å². The molecule has 0 bridgehead atoms. The zero-order valence-electron chi connectivity index (χ0n) is 18.9. The van der Waals surface area contributed by atoms with Crippen molar-refractivity contribution < 1.29 is 18.4 Å². The van der Waals surface area contributed by atoms with Crippen molar-refractivity contribution in [2.75, 3.05) is 5.32 Å². The Bertz CT molecular complexity index is 1090. The third-order valence-corrected chi connectivity index (χ3v) is 8.56. The van der Waals surface area contributed by atoms with Crippen molar-refractivity contribution in [1.29, 1.82) is 0 Å². The Hall–Kier alpha value is -2.63. The maximum absolute atomic E-state index is 14.4. The van der Waals surface area contributed by atoms with Crippen molar-refractivity contribution in [2.24, 2.45) is 23.2 Å². The van der Waals surface area contributed by atoms with Crippen LogP contribution in [-0.4, -0.2) is 16.7 Å². The Kier molecular flexibility index (Phi) is 5.79. The molecule has 1 aromatic carbocycles. The van der Waals surface area contributed by atoms with Gasteiger partial charge in [0.25, 0.3) is 0 Å². The molecule has 33 heavy (non-hydrogen) atoms. The number of aromatic nitrogens is 1. The molecular formula is C27H30F2N2O2. The van der Waals surface area contributed by atoms with E-state index in [9.17, 15) is 18.4 Å². The van der Waals surface area contributed by atoms with Crippen LogP contribution in [0.5, 0.6) is 0 Å². The second-order valence-corrected chi connectivity index (χ2v) is 10.3. The third-order valence-electron chi connectivity index (χ3n) is 8.56. The van der Waals surface area contributed by atoms with Gasteiger partial charge in [0.1, 0.15) is 11.6 Å². The summed E-state index contributed by atoms with van der Waals surface area (Å²) in [7, 11) is 0. The van der Waals surface area contributed by atoms with Gasteiger partial charge in [-0.2, -0.15) is 0 Å². The molecule has 6 heteroatoms. The average molecular weight is 453 g/mol. The molecule has 4 nitrogen and oxygen atoms in total. The first-order valence-electron chi connectivity index (χ1n) is 12.1. The fourth-order valence-electron chi connectivity index (χ4n) is 7.10. The Morgan fingerprint density at radius 1 is 1.18 bits per heavy atom. The van der Waals surface area contributed by atoms with Gasteiger partial charge < -0.3 is 5.32 Å². The van der Waals surface area contributed by atoms with E-state index in [4.69, 9.17) is 0 Å². The van der Waals surface area contributed by atoms with Gasteiger partial charge in [-0.15, -0.1) is 0 Å². The molecule has 1 aromatic heterocycles. The third kappa shape index (κ3) is 3.87. The summed E-state index contributed by atoms with van der Waals surface area (Å²) >= 11 is 0. The molecule has 3 aliphatic rings. The van der Waals surface area contributed by atoms with Crippen molar-refractivity contribution in [3.05, 3.63) is 59.3 Å². The van der Waals surface area contributed by atoms with Crippen LogP contribution in [0, 0.1) is 34.8 Å². The molecule has 2 fully saturated rings. The number of carbonyl (C=O) groups is 2. The van der Waals surface area contributed by atoms with E-state index in [0.717, 1.165) is 43.2 Å². The Labute approximate surface area is 193 Å². The number of rotatable bonds is 5. The number of pyridine rings is 1. The van der Waals surface area contributed by atoms with Crippen LogP contribution < -0.4 is 5.32 Å². The van der Waals surface area contributed by atoms with E-state index in [1.54, 1.807) is 6.07 Å². The summed E-state index contributed by atoms with van der Waals surface area (Å²) in [6, 6.07) is 8.18. The number of ketones is 1. The number of nitrogens with one attached hydrogen (secondary N) is 1. The molecule has 0 radical (unpaired) electrons. The van der Waals surface area contributed by atoms with Crippen LogP contribution in [0.25, 0.3) is 0 Å². The highest BCUT2D eigenvalue weighted by Gasteiger charge is 2.58. The van der Waals surface area contributed by atoms with Crippen LogP contribution in [0.15, 0.2) is 36.5 Å². The van der Waals surface area contributed by atoms with Gasteiger partial charge in [-0.25, -0.2) is 13.8 Å². The van der Waals surface area contributed by atoms with Crippen LogP contribution >= 0.6 is 0 Å². The molecule has 2 saturated carbocycles. The highest BCUT2D eigenvalue weighted by atomic mass is 19.1. The molecule has 0 aliphatic heterocycles. The number of fused-ring (bicyclic) bond motifs is 5. The number of halogens is 2. The molecule has 5 atom stereocenters. The van der Waals surface area contributed by atoms with Gasteiger partial charge in [-0.1, -0.05) is 19.1 Å².